The molecular formula is C12H12BrN3O4. The largest absolute Gasteiger partial charge is 0.345 e. The fraction of sp³-hybridized carbons (Fsp3) is 0.333. The van der Waals surface area contributed by atoms with E-state index >= 15 is 0 Å². The number of carbonyl (C=O) groups excluding carboxylic acids is 2. The quantitative estimate of drug-likeness (QED) is 0.512. The maximum atomic E-state index is 11.8. The van der Waals surface area contributed by atoms with Crippen LogP contribution < -0.4 is 10.2 Å². The smallest absolute Gasteiger partial charge is 0.293 e. The Morgan fingerprint density at radius 2 is 2.20 bits per heavy atom. The van der Waals surface area contributed by atoms with Crippen molar-refractivity contribution in [3.8, 4) is 0 Å². The lowest BCUT2D eigenvalue weighted by atomic mass is 10.1. The summed E-state index contributed by atoms with van der Waals surface area (Å²) >= 11 is 3.18. The normalized spacial score (nSPS) is 18.9. The first-order chi connectivity index (χ1) is 9.43. The number of anilines is 1. The van der Waals surface area contributed by atoms with E-state index in [4.69, 9.17) is 0 Å². The summed E-state index contributed by atoms with van der Waals surface area (Å²) in [6.07, 6.45) is 0.451. The lowest BCUT2D eigenvalue weighted by molar-refractivity contribution is -0.384. The Hall–Kier alpha value is -1.96. The molecule has 1 heterocycles. The van der Waals surface area contributed by atoms with E-state index in [0.29, 0.717) is 10.9 Å². The summed E-state index contributed by atoms with van der Waals surface area (Å²) < 4.78 is 0.564. The molecule has 0 aromatic heterocycles. The fourth-order valence-corrected chi connectivity index (χ4v) is 2.56. The highest BCUT2D eigenvalue weighted by atomic mass is 79.9. The van der Waals surface area contributed by atoms with E-state index in [1.165, 1.54) is 17.0 Å². The van der Waals surface area contributed by atoms with Crippen molar-refractivity contribution >= 4 is 39.1 Å². The second-order valence-corrected chi connectivity index (χ2v) is 5.27. The molecule has 1 aromatic carbocycles. The molecule has 1 aliphatic heterocycles. The van der Waals surface area contributed by atoms with Gasteiger partial charge in [0.15, 0.2) is 0 Å². The van der Waals surface area contributed by atoms with Crippen molar-refractivity contribution in [2.75, 3.05) is 11.4 Å². The molecule has 8 heteroatoms. The molecule has 2 rings (SSSR count). The summed E-state index contributed by atoms with van der Waals surface area (Å²) in [4.78, 5) is 35.4. The summed E-state index contributed by atoms with van der Waals surface area (Å²) in [7, 11) is 0. The van der Waals surface area contributed by atoms with Crippen molar-refractivity contribution in [1.29, 1.82) is 0 Å². The summed E-state index contributed by atoms with van der Waals surface area (Å²) in [6.45, 7) is 1.71. The molecule has 0 bridgehead atoms. The molecule has 1 fully saturated rings. The number of halogens is 1. The Bertz CT molecular complexity index is 590. The minimum absolute atomic E-state index is 0.0767. The van der Waals surface area contributed by atoms with Crippen LogP contribution in [-0.2, 0) is 9.59 Å². The zero-order chi connectivity index (χ0) is 14.9. The molecule has 106 valence electrons. The van der Waals surface area contributed by atoms with Gasteiger partial charge in [-0.05, 0) is 18.6 Å². The molecule has 20 heavy (non-hydrogen) atoms. The highest BCUT2D eigenvalue weighted by Gasteiger charge is 2.35. The van der Waals surface area contributed by atoms with E-state index in [1.54, 1.807) is 13.0 Å². The van der Waals surface area contributed by atoms with Crippen LogP contribution >= 0.6 is 15.9 Å². The van der Waals surface area contributed by atoms with Gasteiger partial charge in [0.05, 0.1) is 11.5 Å². The second kappa shape index (κ2) is 5.58. The molecule has 1 unspecified atom stereocenters. The van der Waals surface area contributed by atoms with Gasteiger partial charge in [0, 0.05) is 10.5 Å². The van der Waals surface area contributed by atoms with E-state index in [9.17, 15) is 19.7 Å². The highest BCUT2D eigenvalue weighted by molar-refractivity contribution is 9.10. The molecule has 1 aliphatic rings. The Morgan fingerprint density at radius 1 is 1.50 bits per heavy atom. The van der Waals surface area contributed by atoms with Crippen LogP contribution in [0.25, 0.3) is 0 Å². The van der Waals surface area contributed by atoms with E-state index in [0.717, 1.165) is 0 Å². The van der Waals surface area contributed by atoms with Gasteiger partial charge in [-0.25, -0.2) is 0 Å². The number of nitrogens with zero attached hydrogens (tertiary/aromatic N) is 2. The molecule has 7 nitrogen and oxygen atoms in total. The van der Waals surface area contributed by atoms with Crippen molar-refractivity contribution in [2.24, 2.45) is 0 Å². The molecule has 0 saturated carbocycles. The molecule has 0 radical (unpaired) electrons. The second-order valence-electron chi connectivity index (χ2n) is 4.35. The van der Waals surface area contributed by atoms with E-state index in [1.807, 2.05) is 0 Å². The first-order valence-corrected chi connectivity index (χ1v) is 6.77. The summed E-state index contributed by atoms with van der Waals surface area (Å²) in [5, 5.41) is 13.4. The van der Waals surface area contributed by atoms with Crippen LogP contribution in [0, 0.1) is 10.1 Å². The van der Waals surface area contributed by atoms with Gasteiger partial charge in [-0.3, -0.25) is 25.0 Å². The monoisotopic (exact) mass is 341 g/mol. The maximum absolute atomic E-state index is 11.8. The summed E-state index contributed by atoms with van der Waals surface area (Å²) in [6, 6.07) is 3.95. The third-order valence-electron chi connectivity index (χ3n) is 3.09. The maximum Gasteiger partial charge on any atom is 0.293 e. The number of nitrogens with one attached hydrogen (secondary N) is 1. The zero-order valence-electron chi connectivity index (χ0n) is 10.6. The van der Waals surface area contributed by atoms with E-state index in [2.05, 4.69) is 21.2 Å². The molecular weight excluding hydrogens is 330 g/mol. The third kappa shape index (κ3) is 2.64. The highest BCUT2D eigenvalue weighted by Crippen LogP contribution is 2.33. The molecule has 1 saturated heterocycles. The molecule has 0 spiro atoms. The number of hydrogen-bond acceptors (Lipinski definition) is 5. The first kappa shape index (κ1) is 14.4. The van der Waals surface area contributed by atoms with Gasteiger partial charge in [0.2, 0.25) is 11.8 Å². The minimum atomic E-state index is -0.590. The van der Waals surface area contributed by atoms with E-state index < -0.39 is 22.8 Å². The Balaban J connectivity index is 2.50. The van der Waals surface area contributed by atoms with E-state index in [-0.39, 0.29) is 17.9 Å². The number of imide groups is 1. The van der Waals surface area contributed by atoms with Crippen LogP contribution in [0.15, 0.2) is 22.7 Å². The van der Waals surface area contributed by atoms with Crippen molar-refractivity contribution in [3.05, 3.63) is 32.8 Å². The molecule has 1 N–H and O–H groups in total. The lowest BCUT2D eigenvalue weighted by Crippen LogP contribution is -2.58. The molecule has 1 atom stereocenters. The van der Waals surface area contributed by atoms with Crippen LogP contribution in [-0.4, -0.2) is 29.3 Å². The number of benzene rings is 1. The number of nitro benzene ring substituents is 1. The molecule has 1 aromatic rings. The van der Waals surface area contributed by atoms with Crippen LogP contribution in [0.5, 0.6) is 0 Å². The number of carbonyl (C=O) groups is 2. The van der Waals surface area contributed by atoms with Gasteiger partial charge >= 0.3 is 0 Å². The van der Waals surface area contributed by atoms with Gasteiger partial charge in [-0.15, -0.1) is 0 Å². The minimum Gasteiger partial charge on any atom is -0.345 e. The van der Waals surface area contributed by atoms with Crippen LogP contribution in [0.3, 0.4) is 0 Å². The molecule has 2 amide bonds. The predicted molar refractivity (Wildman–Crippen MR) is 75.4 cm³/mol. The van der Waals surface area contributed by atoms with Gasteiger partial charge in [-0.1, -0.05) is 22.9 Å². The van der Waals surface area contributed by atoms with Crippen LogP contribution in [0.4, 0.5) is 11.4 Å². The summed E-state index contributed by atoms with van der Waals surface area (Å²) in [5.41, 5.74) is 0.133. The Kier molecular flexibility index (Phi) is 4.03. The van der Waals surface area contributed by atoms with Gasteiger partial charge in [0.1, 0.15) is 11.7 Å². The van der Waals surface area contributed by atoms with Crippen molar-refractivity contribution in [1.82, 2.24) is 5.32 Å². The van der Waals surface area contributed by atoms with Gasteiger partial charge in [0.25, 0.3) is 5.69 Å². The predicted octanol–water partition coefficient (Wildman–Crippen LogP) is 1.60. The number of rotatable bonds is 3. The average molecular weight is 342 g/mol. The topological polar surface area (TPSA) is 92.6 Å². The third-order valence-corrected chi connectivity index (χ3v) is 3.58. The summed E-state index contributed by atoms with van der Waals surface area (Å²) in [5.74, 6) is -0.891. The Morgan fingerprint density at radius 3 is 2.80 bits per heavy atom. The number of amides is 2. The van der Waals surface area contributed by atoms with Crippen molar-refractivity contribution in [3.63, 3.8) is 0 Å². The standard InChI is InChI=1S/C12H12BrN3O4/c1-2-8-12(18)14-11(17)6-15(8)9-4-3-7(13)5-10(9)16(19)20/h3-5,8H,2,6H2,1H3,(H,14,17,18). The van der Waals surface area contributed by atoms with Gasteiger partial charge < -0.3 is 4.90 Å². The number of piperazine rings is 1. The zero-order valence-corrected chi connectivity index (χ0v) is 12.2. The van der Waals surface area contributed by atoms with Crippen LogP contribution in [0.2, 0.25) is 0 Å². The lowest BCUT2D eigenvalue weighted by Gasteiger charge is -2.34. The number of nitro groups is 1. The SMILES string of the molecule is CCC1C(=O)NC(=O)CN1c1ccc(Br)cc1[N+](=O)[O-]. The average Bonchev–Trinajstić information content (AvgIpc) is 2.37. The van der Waals surface area contributed by atoms with Crippen molar-refractivity contribution in [2.45, 2.75) is 19.4 Å². The fourth-order valence-electron chi connectivity index (χ4n) is 2.21. The van der Waals surface area contributed by atoms with Gasteiger partial charge in [-0.2, -0.15) is 0 Å². The number of hydrogen-bond donors (Lipinski definition) is 1. The molecule has 0 aliphatic carbocycles. The Labute approximate surface area is 123 Å². The first-order valence-electron chi connectivity index (χ1n) is 5.98. The van der Waals surface area contributed by atoms with Crippen LogP contribution in [0.1, 0.15) is 13.3 Å². The van der Waals surface area contributed by atoms with Crippen molar-refractivity contribution < 1.29 is 14.5 Å².